The zero-order chi connectivity index (χ0) is 13.8. The fourth-order valence-corrected chi connectivity index (χ4v) is 2.73. The van der Waals surface area contributed by atoms with E-state index in [2.05, 4.69) is 16.6 Å². The van der Waals surface area contributed by atoms with Crippen molar-refractivity contribution in [1.29, 1.82) is 0 Å². The first-order valence-electron chi connectivity index (χ1n) is 6.76. The van der Waals surface area contributed by atoms with Crippen molar-refractivity contribution in [2.24, 2.45) is 0 Å². The number of halogens is 1. The molecule has 0 bridgehead atoms. The number of ether oxygens (including phenoxy) is 1. The molecule has 1 unspecified atom stereocenters. The normalized spacial score (nSPS) is 19.6. The summed E-state index contributed by atoms with van der Waals surface area (Å²) in [5.74, 6) is -1.13. The second kappa shape index (κ2) is 6.15. The Morgan fingerprint density at radius 2 is 2.32 bits per heavy atom. The molecule has 1 aromatic rings. The molecule has 1 atom stereocenters. The molecule has 1 fully saturated rings. The van der Waals surface area contributed by atoms with Gasteiger partial charge in [-0.05, 0) is 43.5 Å². The Labute approximate surface area is 113 Å². The van der Waals surface area contributed by atoms with E-state index in [-0.39, 0.29) is 5.56 Å². The Hall–Kier alpha value is -1.42. The molecule has 1 aliphatic rings. The SMILES string of the molecule is CCC1CCCN1Cc1ccc(C(=O)OC)c(F)c1. The third kappa shape index (κ3) is 3.13. The molecule has 19 heavy (non-hydrogen) atoms. The van der Waals surface area contributed by atoms with Crippen molar-refractivity contribution in [3.8, 4) is 0 Å². The van der Waals surface area contributed by atoms with Crippen LogP contribution in [0.15, 0.2) is 18.2 Å². The molecule has 104 valence electrons. The molecule has 1 saturated heterocycles. The molecule has 0 aromatic heterocycles. The number of carbonyl (C=O) groups is 1. The average Bonchev–Trinajstić information content (AvgIpc) is 2.85. The maximum atomic E-state index is 13.8. The third-order valence-electron chi connectivity index (χ3n) is 3.79. The van der Waals surface area contributed by atoms with E-state index in [1.165, 1.54) is 32.1 Å². The monoisotopic (exact) mass is 265 g/mol. The number of nitrogens with zero attached hydrogens (tertiary/aromatic N) is 1. The standard InChI is InChI=1S/C15H20FNO2/c1-3-12-5-4-8-17(12)10-11-6-7-13(14(16)9-11)15(18)19-2/h6-7,9,12H,3-5,8,10H2,1-2H3. The lowest BCUT2D eigenvalue weighted by atomic mass is 10.1. The van der Waals surface area contributed by atoms with Crippen LogP contribution < -0.4 is 0 Å². The Morgan fingerprint density at radius 3 is 2.95 bits per heavy atom. The summed E-state index contributed by atoms with van der Waals surface area (Å²) >= 11 is 0. The zero-order valence-electron chi connectivity index (χ0n) is 11.5. The van der Waals surface area contributed by atoms with E-state index in [0.29, 0.717) is 6.04 Å². The molecule has 0 aliphatic carbocycles. The largest absolute Gasteiger partial charge is 0.465 e. The van der Waals surface area contributed by atoms with E-state index in [0.717, 1.165) is 25.1 Å². The van der Waals surface area contributed by atoms with E-state index in [1.54, 1.807) is 6.07 Å². The lowest BCUT2D eigenvalue weighted by Gasteiger charge is -2.23. The second-order valence-electron chi connectivity index (χ2n) is 4.98. The highest BCUT2D eigenvalue weighted by molar-refractivity contribution is 5.89. The highest BCUT2D eigenvalue weighted by Gasteiger charge is 2.23. The van der Waals surface area contributed by atoms with Gasteiger partial charge in [-0.2, -0.15) is 0 Å². The van der Waals surface area contributed by atoms with Crippen LogP contribution in [0.2, 0.25) is 0 Å². The van der Waals surface area contributed by atoms with E-state index >= 15 is 0 Å². The predicted molar refractivity (Wildman–Crippen MR) is 71.5 cm³/mol. The van der Waals surface area contributed by atoms with Crippen LogP contribution in [0.5, 0.6) is 0 Å². The lowest BCUT2D eigenvalue weighted by molar-refractivity contribution is 0.0595. The zero-order valence-corrected chi connectivity index (χ0v) is 11.5. The fourth-order valence-electron chi connectivity index (χ4n) is 2.73. The predicted octanol–water partition coefficient (Wildman–Crippen LogP) is 2.99. The molecule has 0 saturated carbocycles. The average molecular weight is 265 g/mol. The maximum absolute atomic E-state index is 13.8. The number of esters is 1. The van der Waals surface area contributed by atoms with E-state index in [1.807, 2.05) is 0 Å². The molecular weight excluding hydrogens is 245 g/mol. The molecule has 1 heterocycles. The molecule has 0 N–H and O–H groups in total. The van der Waals surface area contributed by atoms with Crippen molar-refractivity contribution < 1.29 is 13.9 Å². The second-order valence-corrected chi connectivity index (χ2v) is 4.98. The first kappa shape index (κ1) is 14.0. The molecular formula is C15H20FNO2. The summed E-state index contributed by atoms with van der Waals surface area (Å²) in [6, 6.07) is 5.36. The molecule has 0 radical (unpaired) electrons. The Balaban J connectivity index is 2.10. The number of carbonyl (C=O) groups excluding carboxylic acids is 1. The minimum Gasteiger partial charge on any atom is -0.465 e. The van der Waals surface area contributed by atoms with Gasteiger partial charge in [0.1, 0.15) is 5.82 Å². The first-order valence-corrected chi connectivity index (χ1v) is 6.76. The van der Waals surface area contributed by atoms with Gasteiger partial charge < -0.3 is 4.74 Å². The van der Waals surface area contributed by atoms with Gasteiger partial charge in [-0.1, -0.05) is 13.0 Å². The van der Waals surface area contributed by atoms with Gasteiger partial charge >= 0.3 is 5.97 Å². The number of hydrogen-bond donors (Lipinski definition) is 0. The quantitative estimate of drug-likeness (QED) is 0.784. The van der Waals surface area contributed by atoms with Crippen molar-refractivity contribution in [3.05, 3.63) is 35.1 Å². The number of likely N-dealkylation sites (tertiary alicyclic amines) is 1. The molecule has 0 amide bonds. The first-order chi connectivity index (χ1) is 9.15. The van der Waals surface area contributed by atoms with Crippen LogP contribution in [0.4, 0.5) is 4.39 Å². The lowest BCUT2D eigenvalue weighted by Crippen LogP contribution is -2.28. The highest BCUT2D eigenvalue weighted by Crippen LogP contribution is 2.23. The number of hydrogen-bond acceptors (Lipinski definition) is 3. The van der Waals surface area contributed by atoms with Crippen molar-refractivity contribution in [1.82, 2.24) is 4.90 Å². The van der Waals surface area contributed by atoms with Crippen LogP contribution in [0.25, 0.3) is 0 Å². The van der Waals surface area contributed by atoms with Crippen molar-refractivity contribution in [2.75, 3.05) is 13.7 Å². The third-order valence-corrected chi connectivity index (χ3v) is 3.79. The summed E-state index contributed by atoms with van der Waals surface area (Å²) in [5.41, 5.74) is 0.908. The molecule has 4 heteroatoms. The molecule has 2 rings (SSSR count). The summed E-state index contributed by atoms with van der Waals surface area (Å²) in [5, 5.41) is 0. The summed E-state index contributed by atoms with van der Waals surface area (Å²) < 4.78 is 18.4. The van der Waals surface area contributed by atoms with Gasteiger partial charge in [0, 0.05) is 12.6 Å². The van der Waals surface area contributed by atoms with Gasteiger partial charge in [-0.15, -0.1) is 0 Å². The smallest absolute Gasteiger partial charge is 0.340 e. The molecule has 3 nitrogen and oxygen atoms in total. The van der Waals surface area contributed by atoms with Crippen molar-refractivity contribution in [2.45, 2.75) is 38.8 Å². The maximum Gasteiger partial charge on any atom is 0.340 e. The molecule has 0 spiro atoms. The minimum absolute atomic E-state index is 0.000265. The summed E-state index contributed by atoms with van der Waals surface area (Å²) in [4.78, 5) is 13.7. The van der Waals surface area contributed by atoms with Gasteiger partial charge in [-0.25, -0.2) is 9.18 Å². The minimum atomic E-state index is -0.628. The Morgan fingerprint density at radius 1 is 1.53 bits per heavy atom. The van der Waals surface area contributed by atoms with Crippen LogP contribution in [-0.4, -0.2) is 30.6 Å². The van der Waals surface area contributed by atoms with E-state index < -0.39 is 11.8 Å². The molecule has 1 aliphatic heterocycles. The fraction of sp³-hybridized carbons (Fsp3) is 0.533. The van der Waals surface area contributed by atoms with Crippen LogP contribution in [-0.2, 0) is 11.3 Å². The summed E-state index contributed by atoms with van der Waals surface area (Å²) in [7, 11) is 1.26. The molecule has 1 aromatic carbocycles. The summed E-state index contributed by atoms with van der Waals surface area (Å²) in [6.45, 7) is 4.00. The van der Waals surface area contributed by atoms with Crippen LogP contribution >= 0.6 is 0 Å². The van der Waals surface area contributed by atoms with E-state index in [9.17, 15) is 9.18 Å². The number of rotatable bonds is 4. The van der Waals surface area contributed by atoms with Gasteiger partial charge in [0.2, 0.25) is 0 Å². The number of methoxy groups -OCH3 is 1. The van der Waals surface area contributed by atoms with Crippen molar-refractivity contribution in [3.63, 3.8) is 0 Å². The van der Waals surface area contributed by atoms with Crippen LogP contribution in [0, 0.1) is 5.82 Å². The summed E-state index contributed by atoms with van der Waals surface area (Å²) in [6.07, 6.45) is 3.56. The van der Waals surface area contributed by atoms with Gasteiger partial charge in [0.15, 0.2) is 0 Å². The van der Waals surface area contributed by atoms with Crippen molar-refractivity contribution >= 4 is 5.97 Å². The Kier molecular flexibility index (Phi) is 4.53. The highest BCUT2D eigenvalue weighted by atomic mass is 19.1. The topological polar surface area (TPSA) is 29.5 Å². The number of benzene rings is 1. The van der Waals surface area contributed by atoms with Gasteiger partial charge in [0.25, 0.3) is 0 Å². The van der Waals surface area contributed by atoms with Crippen LogP contribution in [0.1, 0.15) is 42.1 Å². The Bertz CT molecular complexity index is 461. The van der Waals surface area contributed by atoms with Crippen LogP contribution in [0.3, 0.4) is 0 Å². The van der Waals surface area contributed by atoms with E-state index in [4.69, 9.17) is 0 Å². The van der Waals surface area contributed by atoms with Gasteiger partial charge in [0.05, 0.1) is 12.7 Å². The van der Waals surface area contributed by atoms with Gasteiger partial charge in [-0.3, -0.25) is 4.90 Å².